The SMILES string of the molecule is CCOC(=O)c1c([N+]2(C(=O)OC(C)(C)C)CCCC2)nc(C)c(C(=O)CCc2ccc(F)cc2)c1-c1ccc(C(=O)O)cc1. The van der Waals surface area contributed by atoms with Gasteiger partial charge in [-0.15, -0.1) is 0 Å². The lowest BCUT2D eigenvalue weighted by molar-refractivity contribution is 0.0295. The number of aromatic carboxylic acids is 1. The fourth-order valence-electron chi connectivity index (χ4n) is 5.54. The van der Waals surface area contributed by atoms with Gasteiger partial charge in [0, 0.05) is 30.4 Å². The Bertz CT molecular complexity index is 1570. The summed E-state index contributed by atoms with van der Waals surface area (Å²) >= 11 is 0. The number of carboxylic acid groups (broad SMARTS) is 1. The first-order chi connectivity index (χ1) is 20.8. The molecule has 1 N–H and O–H groups in total. The van der Waals surface area contributed by atoms with E-state index in [0.29, 0.717) is 43.6 Å². The maximum absolute atomic E-state index is 14.0. The first-order valence-corrected chi connectivity index (χ1v) is 14.7. The van der Waals surface area contributed by atoms with Gasteiger partial charge in [-0.1, -0.05) is 24.3 Å². The van der Waals surface area contributed by atoms with Gasteiger partial charge in [-0.3, -0.25) is 4.79 Å². The molecule has 0 saturated carbocycles. The van der Waals surface area contributed by atoms with E-state index < -0.39 is 23.6 Å². The van der Waals surface area contributed by atoms with Crippen molar-refractivity contribution in [3.05, 3.63) is 82.3 Å². The molecule has 232 valence electrons. The van der Waals surface area contributed by atoms with Gasteiger partial charge in [-0.2, -0.15) is 14.3 Å². The number of Topliss-reactive ketones (excluding diaryl/α,β-unsaturated/α-hetero) is 1. The van der Waals surface area contributed by atoms with Crippen LogP contribution in [-0.4, -0.2) is 59.2 Å². The molecule has 1 aliphatic rings. The van der Waals surface area contributed by atoms with Gasteiger partial charge in [0.2, 0.25) is 0 Å². The van der Waals surface area contributed by atoms with Crippen LogP contribution >= 0.6 is 0 Å². The lowest BCUT2D eigenvalue weighted by atomic mass is 9.89. The number of pyridine rings is 1. The van der Waals surface area contributed by atoms with Crippen molar-refractivity contribution in [2.45, 2.75) is 65.9 Å². The summed E-state index contributed by atoms with van der Waals surface area (Å²) in [4.78, 5) is 58.2. The lowest BCUT2D eigenvalue weighted by Crippen LogP contribution is -2.55. The van der Waals surface area contributed by atoms with Crippen molar-refractivity contribution < 1.29 is 38.1 Å². The maximum atomic E-state index is 14.0. The van der Waals surface area contributed by atoms with Crippen LogP contribution in [-0.2, 0) is 15.9 Å². The highest BCUT2D eigenvalue weighted by molar-refractivity contribution is 6.12. The quantitative estimate of drug-likeness (QED) is 0.159. The second-order valence-electron chi connectivity index (χ2n) is 11.9. The highest BCUT2D eigenvalue weighted by Crippen LogP contribution is 2.41. The molecule has 0 unspecified atom stereocenters. The number of likely N-dealkylation sites (tertiary alicyclic amines) is 1. The van der Waals surface area contributed by atoms with E-state index in [1.807, 2.05) is 0 Å². The Labute approximate surface area is 256 Å². The van der Waals surface area contributed by atoms with Crippen molar-refractivity contribution in [2.24, 2.45) is 0 Å². The first-order valence-electron chi connectivity index (χ1n) is 14.7. The van der Waals surface area contributed by atoms with E-state index in [1.165, 1.54) is 36.4 Å². The monoisotopic (exact) mass is 605 g/mol. The predicted octanol–water partition coefficient (Wildman–Crippen LogP) is 6.92. The van der Waals surface area contributed by atoms with Gasteiger partial charge < -0.3 is 14.6 Å². The number of carbonyl (C=O) groups is 4. The molecule has 0 radical (unpaired) electrons. The summed E-state index contributed by atoms with van der Waals surface area (Å²) in [6.45, 7) is 9.31. The number of carboxylic acids is 1. The van der Waals surface area contributed by atoms with Gasteiger partial charge in [0.15, 0.2) is 11.3 Å². The number of hydrogen-bond acceptors (Lipinski definition) is 7. The highest BCUT2D eigenvalue weighted by atomic mass is 19.1. The largest absolute Gasteiger partial charge is 0.523 e. The zero-order chi connectivity index (χ0) is 32.2. The van der Waals surface area contributed by atoms with Gasteiger partial charge in [0.05, 0.1) is 31.0 Å². The first kappa shape index (κ1) is 32.5. The summed E-state index contributed by atoms with van der Waals surface area (Å²) < 4.78 is 24.5. The number of ether oxygens (including phenoxy) is 2. The number of amides is 1. The van der Waals surface area contributed by atoms with Crippen LogP contribution in [0.2, 0.25) is 0 Å². The van der Waals surface area contributed by atoms with Crippen LogP contribution in [0.1, 0.15) is 89.3 Å². The Morgan fingerprint density at radius 2 is 1.57 bits per heavy atom. The van der Waals surface area contributed by atoms with E-state index in [2.05, 4.69) is 0 Å². The Morgan fingerprint density at radius 1 is 0.955 bits per heavy atom. The molecule has 2 aromatic carbocycles. The van der Waals surface area contributed by atoms with Crippen LogP contribution in [0.5, 0.6) is 0 Å². The summed E-state index contributed by atoms with van der Waals surface area (Å²) in [5.74, 6) is -2.45. The molecule has 1 aliphatic heterocycles. The van der Waals surface area contributed by atoms with E-state index in [9.17, 15) is 28.7 Å². The lowest BCUT2D eigenvalue weighted by Gasteiger charge is -2.33. The number of ketones is 1. The maximum Gasteiger partial charge on any atom is 0.523 e. The fraction of sp³-hybridized carbons (Fsp3) is 0.382. The van der Waals surface area contributed by atoms with Crippen LogP contribution < -0.4 is 4.48 Å². The molecule has 1 aromatic heterocycles. The number of esters is 1. The number of quaternary nitrogens is 1. The summed E-state index contributed by atoms with van der Waals surface area (Å²) in [6.07, 6.45) is 1.15. The molecule has 0 spiro atoms. The van der Waals surface area contributed by atoms with Gasteiger partial charge >= 0.3 is 18.0 Å². The predicted molar refractivity (Wildman–Crippen MR) is 163 cm³/mol. The summed E-state index contributed by atoms with van der Waals surface area (Å²) in [5, 5.41) is 9.50. The standard InChI is InChI=1S/C34H37FN2O7/c1-6-43-32(41)29-28(23-12-14-24(15-13-23)31(39)40)27(26(38)18-11-22-9-16-25(35)17-10-22)21(2)36-30(29)37(19-7-8-20-37)33(42)44-34(3,4)5/h9-10,12-17H,6-8,11,18-20H2,1-5H3/p+1. The molecule has 2 heterocycles. The van der Waals surface area contributed by atoms with Gasteiger partial charge in [0.25, 0.3) is 5.82 Å². The van der Waals surface area contributed by atoms with E-state index in [4.69, 9.17) is 14.5 Å². The number of rotatable bonds is 9. The average molecular weight is 606 g/mol. The van der Waals surface area contributed by atoms with Crippen molar-refractivity contribution in [3.8, 4) is 11.1 Å². The smallest absolute Gasteiger partial charge is 0.478 e. The Kier molecular flexibility index (Phi) is 9.63. The van der Waals surface area contributed by atoms with Gasteiger partial charge in [0.1, 0.15) is 11.4 Å². The number of halogens is 1. The minimum absolute atomic E-state index is 0.0263. The van der Waals surface area contributed by atoms with Crippen molar-refractivity contribution in [2.75, 3.05) is 19.7 Å². The zero-order valence-corrected chi connectivity index (χ0v) is 25.7. The van der Waals surface area contributed by atoms with Gasteiger partial charge in [-0.05, 0) is 76.4 Å². The Balaban J connectivity index is 1.99. The highest BCUT2D eigenvalue weighted by Gasteiger charge is 2.51. The van der Waals surface area contributed by atoms with Gasteiger partial charge in [-0.25, -0.2) is 14.0 Å². The number of carbonyl (C=O) groups excluding carboxylic acids is 3. The molecule has 0 atom stereocenters. The Hall–Kier alpha value is -4.44. The molecule has 10 heteroatoms. The van der Waals surface area contributed by atoms with Crippen LogP contribution in [0.3, 0.4) is 0 Å². The third kappa shape index (κ3) is 6.86. The van der Waals surface area contributed by atoms with Crippen LogP contribution in [0.15, 0.2) is 48.5 Å². The molecule has 4 rings (SSSR count). The number of nitrogens with zero attached hydrogens (tertiary/aromatic N) is 2. The van der Waals surface area contributed by atoms with E-state index in [1.54, 1.807) is 46.8 Å². The summed E-state index contributed by atoms with van der Waals surface area (Å²) in [7, 11) is 0. The number of aromatic nitrogens is 1. The molecular weight excluding hydrogens is 567 g/mol. The van der Waals surface area contributed by atoms with Crippen molar-refractivity contribution >= 4 is 29.6 Å². The third-order valence-corrected chi connectivity index (χ3v) is 7.57. The molecule has 1 fully saturated rings. The number of aryl methyl sites for hydroxylation is 2. The normalized spacial score (nSPS) is 14.2. The molecular formula is C34H38FN2O7+. The molecule has 44 heavy (non-hydrogen) atoms. The van der Waals surface area contributed by atoms with E-state index in [0.717, 1.165) is 5.56 Å². The number of hydrogen-bond donors (Lipinski definition) is 1. The van der Waals surface area contributed by atoms with Crippen LogP contribution in [0, 0.1) is 12.7 Å². The average Bonchev–Trinajstić information content (AvgIpc) is 3.47. The van der Waals surface area contributed by atoms with Crippen LogP contribution in [0.4, 0.5) is 15.0 Å². The molecule has 3 aromatic rings. The van der Waals surface area contributed by atoms with Crippen molar-refractivity contribution in [3.63, 3.8) is 0 Å². The molecule has 0 bridgehead atoms. The Morgan fingerprint density at radius 3 is 2.11 bits per heavy atom. The van der Waals surface area contributed by atoms with Crippen molar-refractivity contribution in [1.82, 2.24) is 9.47 Å². The second-order valence-corrected chi connectivity index (χ2v) is 11.9. The van der Waals surface area contributed by atoms with E-state index in [-0.39, 0.29) is 57.2 Å². The molecule has 1 amide bonds. The summed E-state index contributed by atoms with van der Waals surface area (Å²) in [5.41, 5.74) is 1.04. The number of benzene rings is 2. The molecule has 1 saturated heterocycles. The van der Waals surface area contributed by atoms with E-state index >= 15 is 0 Å². The second kappa shape index (κ2) is 13.1. The minimum Gasteiger partial charge on any atom is -0.478 e. The topological polar surface area (TPSA) is 120 Å². The minimum atomic E-state index is -1.13. The fourth-order valence-corrected chi connectivity index (χ4v) is 5.54. The van der Waals surface area contributed by atoms with Crippen molar-refractivity contribution in [1.29, 1.82) is 0 Å². The molecule has 0 aliphatic carbocycles. The van der Waals surface area contributed by atoms with Crippen LogP contribution in [0.25, 0.3) is 11.1 Å². The third-order valence-electron chi connectivity index (χ3n) is 7.57. The zero-order valence-electron chi connectivity index (χ0n) is 25.7. The molecule has 9 nitrogen and oxygen atoms in total. The summed E-state index contributed by atoms with van der Waals surface area (Å²) in [6, 6.07) is 11.7.